The standard InChI is InChI=1S/C32H33N3O6S/c1-22-14-17-26(18-15-22)42(38,39)35(25-16-19-29(40-3)30(20-25)41-4)21-31(36)34-28-13-9-8-12-27(28)32(37)33-23(2)24-10-6-5-7-11-24/h5-20,23H,21H2,1-4H3,(H,33,37)(H,34,36)/t23-/m0/s1. The van der Waals surface area contributed by atoms with Crippen LogP contribution in [0.1, 0.15) is 34.5 Å². The summed E-state index contributed by atoms with van der Waals surface area (Å²) in [4.78, 5) is 26.6. The Morgan fingerprint density at radius 2 is 1.48 bits per heavy atom. The number of rotatable bonds is 11. The van der Waals surface area contributed by atoms with Crippen molar-refractivity contribution in [3.05, 3.63) is 114 Å². The van der Waals surface area contributed by atoms with Crippen LogP contribution in [0.25, 0.3) is 0 Å². The number of carbonyl (C=O) groups excluding carboxylic acids is 2. The number of nitrogens with zero attached hydrogens (tertiary/aromatic N) is 1. The smallest absolute Gasteiger partial charge is 0.264 e. The van der Waals surface area contributed by atoms with E-state index in [9.17, 15) is 18.0 Å². The second kappa shape index (κ2) is 13.2. The van der Waals surface area contributed by atoms with Crippen molar-refractivity contribution in [3.63, 3.8) is 0 Å². The number of hydrogen-bond acceptors (Lipinski definition) is 6. The van der Waals surface area contributed by atoms with Crippen LogP contribution in [0.15, 0.2) is 102 Å². The molecule has 0 fully saturated rings. The van der Waals surface area contributed by atoms with E-state index in [-0.39, 0.29) is 33.8 Å². The summed E-state index contributed by atoms with van der Waals surface area (Å²) < 4.78 is 39.3. The van der Waals surface area contributed by atoms with Gasteiger partial charge in [-0.2, -0.15) is 0 Å². The number of amides is 2. The Bertz CT molecular complexity index is 1660. The van der Waals surface area contributed by atoms with E-state index in [1.54, 1.807) is 42.5 Å². The van der Waals surface area contributed by atoms with Gasteiger partial charge in [0.1, 0.15) is 6.54 Å². The molecule has 0 spiro atoms. The topological polar surface area (TPSA) is 114 Å². The zero-order valence-electron chi connectivity index (χ0n) is 23.8. The van der Waals surface area contributed by atoms with Gasteiger partial charge in [-0.1, -0.05) is 60.2 Å². The van der Waals surface area contributed by atoms with Crippen molar-refractivity contribution in [1.29, 1.82) is 0 Å². The van der Waals surface area contributed by atoms with Crippen LogP contribution in [0.4, 0.5) is 11.4 Å². The van der Waals surface area contributed by atoms with Gasteiger partial charge in [-0.05, 0) is 55.8 Å². The van der Waals surface area contributed by atoms with Crippen LogP contribution in [0, 0.1) is 6.92 Å². The molecule has 4 aromatic rings. The van der Waals surface area contributed by atoms with E-state index in [0.717, 1.165) is 15.4 Å². The molecule has 0 aliphatic heterocycles. The van der Waals surface area contributed by atoms with Gasteiger partial charge in [0.2, 0.25) is 5.91 Å². The molecule has 0 unspecified atom stereocenters. The fourth-order valence-electron chi connectivity index (χ4n) is 4.34. The van der Waals surface area contributed by atoms with E-state index in [1.165, 1.54) is 38.5 Å². The molecule has 10 heteroatoms. The number of hydrogen-bond donors (Lipinski definition) is 2. The molecule has 0 bridgehead atoms. The highest BCUT2D eigenvalue weighted by atomic mass is 32.2. The molecule has 2 amide bonds. The van der Waals surface area contributed by atoms with Crippen molar-refractivity contribution in [3.8, 4) is 11.5 Å². The summed E-state index contributed by atoms with van der Waals surface area (Å²) in [7, 11) is -1.27. The van der Waals surface area contributed by atoms with E-state index < -0.39 is 22.5 Å². The molecule has 0 aliphatic rings. The van der Waals surface area contributed by atoms with Crippen molar-refractivity contribution in [2.75, 3.05) is 30.4 Å². The lowest BCUT2D eigenvalue weighted by Crippen LogP contribution is -2.38. The lowest BCUT2D eigenvalue weighted by Gasteiger charge is -2.25. The fourth-order valence-corrected chi connectivity index (χ4v) is 5.76. The van der Waals surface area contributed by atoms with Crippen molar-refractivity contribution < 1.29 is 27.5 Å². The third-order valence-electron chi connectivity index (χ3n) is 6.64. The summed E-state index contributed by atoms with van der Waals surface area (Å²) in [5, 5.41) is 5.67. The van der Waals surface area contributed by atoms with E-state index in [1.807, 2.05) is 44.2 Å². The average molecular weight is 588 g/mol. The summed E-state index contributed by atoms with van der Waals surface area (Å²) in [5.41, 5.74) is 2.51. The van der Waals surface area contributed by atoms with Gasteiger partial charge in [0.05, 0.1) is 42.1 Å². The monoisotopic (exact) mass is 587 g/mol. The number of nitrogens with one attached hydrogen (secondary N) is 2. The Balaban J connectivity index is 1.62. The van der Waals surface area contributed by atoms with Crippen LogP contribution in [0.5, 0.6) is 11.5 Å². The quantitative estimate of drug-likeness (QED) is 0.245. The minimum atomic E-state index is -4.18. The Morgan fingerprint density at radius 1 is 0.833 bits per heavy atom. The Morgan fingerprint density at radius 3 is 2.14 bits per heavy atom. The average Bonchev–Trinajstić information content (AvgIpc) is 3.00. The third kappa shape index (κ3) is 6.90. The minimum Gasteiger partial charge on any atom is -0.493 e. The SMILES string of the molecule is COc1ccc(N(CC(=O)Nc2ccccc2C(=O)N[C@@H](C)c2ccccc2)S(=O)(=O)c2ccc(C)cc2)cc1OC. The van der Waals surface area contributed by atoms with Crippen molar-refractivity contribution in [2.45, 2.75) is 24.8 Å². The first-order valence-corrected chi connectivity index (χ1v) is 14.6. The highest BCUT2D eigenvalue weighted by Crippen LogP contribution is 2.34. The highest BCUT2D eigenvalue weighted by Gasteiger charge is 2.29. The van der Waals surface area contributed by atoms with Crippen LogP contribution in [0.3, 0.4) is 0 Å². The van der Waals surface area contributed by atoms with Gasteiger partial charge in [-0.3, -0.25) is 13.9 Å². The van der Waals surface area contributed by atoms with Crippen molar-refractivity contribution in [2.24, 2.45) is 0 Å². The number of aryl methyl sites for hydroxylation is 1. The molecule has 0 aliphatic carbocycles. The number of methoxy groups -OCH3 is 2. The third-order valence-corrected chi connectivity index (χ3v) is 8.43. The molecular weight excluding hydrogens is 554 g/mol. The lowest BCUT2D eigenvalue weighted by molar-refractivity contribution is -0.114. The molecule has 0 saturated heterocycles. The lowest BCUT2D eigenvalue weighted by atomic mass is 10.1. The van der Waals surface area contributed by atoms with Crippen molar-refractivity contribution >= 4 is 33.2 Å². The van der Waals surface area contributed by atoms with Crippen LogP contribution in [0.2, 0.25) is 0 Å². The van der Waals surface area contributed by atoms with Gasteiger partial charge < -0.3 is 20.1 Å². The summed E-state index contributed by atoms with van der Waals surface area (Å²) in [5.74, 6) is -0.319. The zero-order valence-corrected chi connectivity index (χ0v) is 24.6. The summed E-state index contributed by atoms with van der Waals surface area (Å²) in [6, 6.07) is 26.7. The van der Waals surface area contributed by atoms with Crippen LogP contribution in [-0.4, -0.2) is 41.0 Å². The van der Waals surface area contributed by atoms with Crippen LogP contribution in [-0.2, 0) is 14.8 Å². The Kier molecular flexibility index (Phi) is 9.49. The molecule has 218 valence electrons. The van der Waals surface area contributed by atoms with Gasteiger partial charge in [0.15, 0.2) is 11.5 Å². The molecule has 0 saturated carbocycles. The largest absolute Gasteiger partial charge is 0.493 e. The maximum absolute atomic E-state index is 13.8. The molecule has 9 nitrogen and oxygen atoms in total. The molecule has 4 aromatic carbocycles. The van der Waals surface area contributed by atoms with Crippen molar-refractivity contribution in [1.82, 2.24) is 5.32 Å². The minimum absolute atomic E-state index is 0.0189. The molecule has 0 aromatic heterocycles. The second-order valence-corrected chi connectivity index (χ2v) is 11.4. The number of anilines is 2. The maximum Gasteiger partial charge on any atom is 0.264 e. The zero-order chi connectivity index (χ0) is 30.3. The van der Waals surface area contributed by atoms with Gasteiger partial charge in [0, 0.05) is 6.07 Å². The molecule has 0 heterocycles. The Labute approximate surface area is 246 Å². The Hall–Kier alpha value is -4.83. The molecule has 0 radical (unpaired) electrons. The summed E-state index contributed by atoms with van der Waals surface area (Å²) in [6.45, 7) is 3.15. The van der Waals surface area contributed by atoms with E-state index in [2.05, 4.69) is 10.6 Å². The fraction of sp³-hybridized carbons (Fsp3) is 0.188. The molecular formula is C32H33N3O6S. The van der Waals surface area contributed by atoms with E-state index in [4.69, 9.17) is 9.47 Å². The number of sulfonamides is 1. The first kappa shape index (κ1) is 30.1. The highest BCUT2D eigenvalue weighted by molar-refractivity contribution is 7.92. The van der Waals surface area contributed by atoms with Gasteiger partial charge >= 0.3 is 0 Å². The maximum atomic E-state index is 13.8. The molecule has 2 N–H and O–H groups in total. The van der Waals surface area contributed by atoms with Gasteiger partial charge in [-0.15, -0.1) is 0 Å². The number of benzene rings is 4. The summed E-state index contributed by atoms with van der Waals surface area (Å²) >= 11 is 0. The molecule has 4 rings (SSSR count). The van der Waals surface area contributed by atoms with Gasteiger partial charge in [0.25, 0.3) is 15.9 Å². The number of ether oxygens (including phenoxy) is 2. The number of carbonyl (C=O) groups is 2. The first-order chi connectivity index (χ1) is 20.1. The van der Waals surface area contributed by atoms with E-state index >= 15 is 0 Å². The summed E-state index contributed by atoms with van der Waals surface area (Å²) in [6.07, 6.45) is 0. The molecule has 1 atom stereocenters. The first-order valence-electron chi connectivity index (χ1n) is 13.2. The predicted octanol–water partition coefficient (Wildman–Crippen LogP) is 5.34. The predicted molar refractivity (Wildman–Crippen MR) is 163 cm³/mol. The molecule has 42 heavy (non-hydrogen) atoms. The van der Waals surface area contributed by atoms with Crippen LogP contribution >= 0.6 is 0 Å². The van der Waals surface area contributed by atoms with Crippen LogP contribution < -0.4 is 24.4 Å². The van der Waals surface area contributed by atoms with E-state index in [0.29, 0.717) is 11.5 Å². The normalized spacial score (nSPS) is 11.7. The van der Waals surface area contributed by atoms with Gasteiger partial charge in [-0.25, -0.2) is 8.42 Å². The number of para-hydroxylation sites is 1. The second-order valence-electron chi connectivity index (χ2n) is 9.56.